The second-order valence-corrected chi connectivity index (χ2v) is 4.60. The van der Waals surface area contributed by atoms with Crippen molar-refractivity contribution in [3.05, 3.63) is 35.4 Å². The van der Waals surface area contributed by atoms with Crippen LogP contribution in [0.2, 0.25) is 0 Å². The number of nitrogens with zero attached hydrogens (tertiary/aromatic N) is 1. The summed E-state index contributed by atoms with van der Waals surface area (Å²) >= 11 is 0. The molecule has 74 valence electrons. The first-order chi connectivity index (χ1) is 7.25. The highest BCUT2D eigenvalue weighted by Crippen LogP contribution is 2.52. The second-order valence-electron chi connectivity index (χ2n) is 4.60. The monoisotopic (exact) mass is 197 g/mol. The Morgan fingerprint density at radius 1 is 1.40 bits per heavy atom. The van der Waals surface area contributed by atoms with Gasteiger partial charge in [0, 0.05) is 12.8 Å². The second kappa shape index (κ2) is 2.70. The van der Waals surface area contributed by atoms with Crippen LogP contribution in [0.5, 0.6) is 0 Å². The van der Waals surface area contributed by atoms with Gasteiger partial charge in [0.1, 0.15) is 5.78 Å². The number of nitriles is 1. The van der Waals surface area contributed by atoms with Crippen LogP contribution in [0.1, 0.15) is 36.3 Å². The van der Waals surface area contributed by atoms with E-state index < -0.39 is 5.41 Å². The van der Waals surface area contributed by atoms with Gasteiger partial charge in [-0.3, -0.25) is 4.79 Å². The van der Waals surface area contributed by atoms with Crippen molar-refractivity contribution in [3.8, 4) is 6.07 Å². The van der Waals surface area contributed by atoms with E-state index >= 15 is 0 Å². The molecule has 0 heterocycles. The molecule has 0 aromatic heterocycles. The topological polar surface area (TPSA) is 40.9 Å². The van der Waals surface area contributed by atoms with Gasteiger partial charge in [0.05, 0.1) is 11.5 Å². The van der Waals surface area contributed by atoms with Crippen molar-refractivity contribution in [3.63, 3.8) is 0 Å². The van der Waals surface area contributed by atoms with Crippen LogP contribution < -0.4 is 0 Å². The van der Waals surface area contributed by atoms with E-state index in [4.69, 9.17) is 0 Å². The minimum absolute atomic E-state index is 0.240. The molecule has 2 nitrogen and oxygen atoms in total. The molecule has 1 aromatic carbocycles. The quantitative estimate of drug-likeness (QED) is 0.640. The summed E-state index contributed by atoms with van der Waals surface area (Å²) in [5.74, 6) is 0.533. The van der Waals surface area contributed by atoms with Crippen LogP contribution in [0.4, 0.5) is 0 Å². The van der Waals surface area contributed by atoms with Crippen LogP contribution in [0.3, 0.4) is 0 Å². The smallest absolute Gasteiger partial charge is 0.135 e. The molecule has 2 aliphatic carbocycles. The van der Waals surface area contributed by atoms with Gasteiger partial charge >= 0.3 is 0 Å². The average Bonchev–Trinajstić information content (AvgIpc) is 2.50. The zero-order chi connectivity index (χ0) is 10.5. The maximum absolute atomic E-state index is 11.6. The summed E-state index contributed by atoms with van der Waals surface area (Å²) in [4.78, 5) is 11.6. The molecule has 1 saturated carbocycles. The SMILES string of the molecule is N#C[C@@]12CC(=O)C[C@@H](C1)c1ccccc12. The number of fused-ring (bicyclic) bond motifs is 5. The van der Waals surface area contributed by atoms with Crippen LogP contribution in [-0.4, -0.2) is 5.78 Å². The first kappa shape index (κ1) is 8.67. The fourth-order valence-corrected chi connectivity index (χ4v) is 3.11. The van der Waals surface area contributed by atoms with Crippen LogP contribution in [-0.2, 0) is 10.2 Å². The number of rotatable bonds is 0. The zero-order valence-electron chi connectivity index (χ0n) is 8.36. The third kappa shape index (κ3) is 1.01. The average molecular weight is 197 g/mol. The molecular formula is C13H11NO. The van der Waals surface area contributed by atoms with Crippen LogP contribution in [0.15, 0.2) is 24.3 Å². The Morgan fingerprint density at radius 3 is 3.00 bits per heavy atom. The Balaban J connectivity index is 2.25. The number of benzene rings is 1. The number of hydrogen-bond acceptors (Lipinski definition) is 2. The molecule has 1 aromatic rings. The van der Waals surface area contributed by atoms with Crippen molar-refractivity contribution in [2.75, 3.05) is 0 Å². The van der Waals surface area contributed by atoms with Crippen molar-refractivity contribution in [1.29, 1.82) is 5.26 Å². The Bertz CT molecular complexity index is 486. The minimum Gasteiger partial charge on any atom is -0.300 e. The van der Waals surface area contributed by atoms with Crippen LogP contribution in [0.25, 0.3) is 0 Å². The number of ketones is 1. The Kier molecular flexibility index (Phi) is 1.56. The number of carbonyl (C=O) groups is 1. The third-order valence-corrected chi connectivity index (χ3v) is 3.70. The molecule has 0 unspecified atom stereocenters. The molecule has 0 radical (unpaired) electrons. The molecule has 3 rings (SSSR count). The van der Waals surface area contributed by atoms with Gasteiger partial charge in [-0.25, -0.2) is 0 Å². The van der Waals surface area contributed by atoms with E-state index in [0.717, 1.165) is 12.0 Å². The van der Waals surface area contributed by atoms with E-state index in [9.17, 15) is 10.1 Å². The summed E-state index contributed by atoms with van der Waals surface area (Å²) < 4.78 is 0. The van der Waals surface area contributed by atoms with Crippen molar-refractivity contribution < 1.29 is 4.79 Å². The highest BCUT2D eigenvalue weighted by Gasteiger charge is 2.49. The molecule has 0 aliphatic heterocycles. The van der Waals surface area contributed by atoms with Crippen LogP contribution >= 0.6 is 0 Å². The van der Waals surface area contributed by atoms with Crippen molar-refractivity contribution in [2.24, 2.45) is 0 Å². The van der Waals surface area contributed by atoms with E-state index in [1.807, 2.05) is 18.2 Å². The van der Waals surface area contributed by atoms with Gasteiger partial charge in [0.2, 0.25) is 0 Å². The molecule has 2 bridgehead atoms. The van der Waals surface area contributed by atoms with Gasteiger partial charge in [-0.05, 0) is 23.5 Å². The van der Waals surface area contributed by atoms with Gasteiger partial charge in [0.15, 0.2) is 0 Å². The lowest BCUT2D eigenvalue weighted by Gasteiger charge is -2.25. The van der Waals surface area contributed by atoms with E-state index in [0.29, 0.717) is 18.8 Å². The molecule has 1 fully saturated rings. The summed E-state index contributed by atoms with van der Waals surface area (Å²) in [6.07, 6.45) is 1.88. The summed E-state index contributed by atoms with van der Waals surface area (Å²) in [6, 6.07) is 10.4. The lowest BCUT2D eigenvalue weighted by molar-refractivity contribution is -0.121. The van der Waals surface area contributed by atoms with Gasteiger partial charge in [-0.1, -0.05) is 24.3 Å². The predicted molar refractivity (Wildman–Crippen MR) is 55.3 cm³/mol. The Morgan fingerprint density at radius 2 is 2.20 bits per heavy atom. The number of carbonyl (C=O) groups excluding carboxylic acids is 1. The van der Waals surface area contributed by atoms with E-state index in [1.165, 1.54) is 5.56 Å². The van der Waals surface area contributed by atoms with Crippen molar-refractivity contribution in [2.45, 2.75) is 30.6 Å². The van der Waals surface area contributed by atoms with Crippen molar-refractivity contribution in [1.82, 2.24) is 0 Å². The molecule has 0 amide bonds. The van der Waals surface area contributed by atoms with E-state index in [2.05, 4.69) is 12.1 Å². The Hall–Kier alpha value is -1.62. The molecule has 2 heteroatoms. The molecule has 0 saturated heterocycles. The molecule has 2 atom stereocenters. The fourth-order valence-electron chi connectivity index (χ4n) is 3.11. The molecule has 0 spiro atoms. The molecule has 0 N–H and O–H groups in total. The molecular weight excluding hydrogens is 186 g/mol. The third-order valence-electron chi connectivity index (χ3n) is 3.70. The predicted octanol–water partition coefficient (Wildman–Crippen LogP) is 2.30. The van der Waals surface area contributed by atoms with Gasteiger partial charge in [0.25, 0.3) is 0 Å². The van der Waals surface area contributed by atoms with Crippen molar-refractivity contribution >= 4 is 5.78 Å². The first-order valence-corrected chi connectivity index (χ1v) is 5.27. The largest absolute Gasteiger partial charge is 0.300 e. The number of hydrogen-bond donors (Lipinski definition) is 0. The highest BCUT2D eigenvalue weighted by atomic mass is 16.1. The zero-order valence-corrected chi connectivity index (χ0v) is 8.36. The highest BCUT2D eigenvalue weighted by molar-refractivity contribution is 5.84. The van der Waals surface area contributed by atoms with Gasteiger partial charge < -0.3 is 0 Å². The molecule has 15 heavy (non-hydrogen) atoms. The fraction of sp³-hybridized carbons (Fsp3) is 0.385. The normalized spacial score (nSPS) is 32.2. The minimum atomic E-state index is -0.503. The van der Waals surface area contributed by atoms with Gasteiger partial charge in [-0.2, -0.15) is 5.26 Å². The van der Waals surface area contributed by atoms with E-state index in [-0.39, 0.29) is 5.78 Å². The van der Waals surface area contributed by atoms with E-state index in [1.54, 1.807) is 0 Å². The summed E-state index contributed by atoms with van der Waals surface area (Å²) in [5.41, 5.74) is 1.82. The maximum atomic E-state index is 11.6. The lowest BCUT2D eigenvalue weighted by Crippen LogP contribution is -2.28. The number of Topliss-reactive ketones (excluding diaryl/α,β-unsaturated/α-hetero) is 1. The van der Waals surface area contributed by atoms with Crippen LogP contribution in [0, 0.1) is 11.3 Å². The maximum Gasteiger partial charge on any atom is 0.135 e. The summed E-state index contributed by atoms with van der Waals surface area (Å²) in [6.45, 7) is 0. The van der Waals surface area contributed by atoms with Gasteiger partial charge in [-0.15, -0.1) is 0 Å². The summed E-state index contributed by atoms with van der Waals surface area (Å²) in [5, 5.41) is 9.33. The first-order valence-electron chi connectivity index (χ1n) is 5.27. The summed E-state index contributed by atoms with van der Waals surface area (Å²) in [7, 11) is 0. The standard InChI is InChI=1S/C13H11NO/c14-8-13-6-9(5-10(15)7-13)11-3-1-2-4-12(11)13/h1-4,9H,5-7H2/t9-,13-/m0/s1. The molecule has 2 aliphatic rings. The Labute approximate surface area is 88.5 Å². The lowest BCUT2D eigenvalue weighted by atomic mass is 9.74.